The van der Waals surface area contributed by atoms with Crippen LogP contribution in [0.25, 0.3) is 27.8 Å². The molecule has 0 spiro atoms. The van der Waals surface area contributed by atoms with Gasteiger partial charge in [0.15, 0.2) is 5.65 Å². The van der Waals surface area contributed by atoms with Crippen molar-refractivity contribution >= 4 is 16.9 Å². The summed E-state index contributed by atoms with van der Waals surface area (Å²) in [5.41, 5.74) is 0.438. The molecule has 1 aliphatic carbocycles. The van der Waals surface area contributed by atoms with Crippen LogP contribution in [0.4, 0.5) is 8.78 Å². The topological polar surface area (TPSA) is 93.2 Å². The molecule has 190 valence electrons. The number of halogens is 2. The van der Waals surface area contributed by atoms with Gasteiger partial charge in [0.2, 0.25) is 5.91 Å². The lowest BCUT2D eigenvalue weighted by atomic mass is 9.91. The van der Waals surface area contributed by atoms with Crippen molar-refractivity contribution in [1.82, 2.24) is 24.2 Å². The molecule has 1 saturated heterocycles. The summed E-state index contributed by atoms with van der Waals surface area (Å²) in [6, 6.07) is 10.3. The molecule has 1 N–H and O–H groups in total. The van der Waals surface area contributed by atoms with E-state index >= 15 is 0 Å². The molecule has 1 saturated carbocycles. The molecule has 0 atom stereocenters. The molecule has 1 amide bonds. The molecule has 0 bridgehead atoms. The number of piperidine rings is 1. The average Bonchev–Trinajstić information content (AvgIpc) is 3.64. The first-order chi connectivity index (χ1) is 17.8. The van der Waals surface area contributed by atoms with Crippen LogP contribution in [0.2, 0.25) is 0 Å². The minimum atomic E-state index is -1.11. The van der Waals surface area contributed by atoms with Crippen molar-refractivity contribution in [3.8, 4) is 16.8 Å². The second kappa shape index (κ2) is 8.88. The number of benzene rings is 2. The van der Waals surface area contributed by atoms with Gasteiger partial charge in [-0.3, -0.25) is 14.2 Å². The van der Waals surface area contributed by atoms with Gasteiger partial charge in [0.1, 0.15) is 23.3 Å². The third-order valence-corrected chi connectivity index (χ3v) is 7.24. The summed E-state index contributed by atoms with van der Waals surface area (Å²) in [5.74, 6) is -1.03. The van der Waals surface area contributed by atoms with E-state index in [1.165, 1.54) is 33.9 Å². The Morgan fingerprint density at radius 2 is 1.78 bits per heavy atom. The molecule has 0 unspecified atom stereocenters. The molecular weight excluding hydrogens is 480 g/mol. The molecule has 8 nitrogen and oxygen atoms in total. The lowest BCUT2D eigenvalue weighted by Crippen LogP contribution is -2.50. The van der Waals surface area contributed by atoms with Crippen molar-refractivity contribution in [3.05, 3.63) is 77.0 Å². The maximum absolute atomic E-state index is 13.7. The number of fused-ring (bicyclic) bond motifs is 1. The monoisotopic (exact) mass is 505 g/mol. The van der Waals surface area contributed by atoms with E-state index in [0.29, 0.717) is 48.4 Å². The van der Waals surface area contributed by atoms with E-state index in [4.69, 9.17) is 0 Å². The molecule has 10 heteroatoms. The molecule has 37 heavy (non-hydrogen) atoms. The Morgan fingerprint density at radius 1 is 1.05 bits per heavy atom. The predicted molar refractivity (Wildman–Crippen MR) is 132 cm³/mol. The highest BCUT2D eigenvalue weighted by Gasteiger charge is 2.39. The van der Waals surface area contributed by atoms with Gasteiger partial charge in [0.05, 0.1) is 24.0 Å². The van der Waals surface area contributed by atoms with Crippen molar-refractivity contribution in [2.75, 3.05) is 13.1 Å². The number of amides is 1. The third kappa shape index (κ3) is 4.53. The number of hydrogen-bond donors (Lipinski definition) is 1. The molecule has 6 rings (SSSR count). The molecular formula is C27H25F2N5O3. The fourth-order valence-corrected chi connectivity index (χ4v) is 4.99. The van der Waals surface area contributed by atoms with Gasteiger partial charge in [-0.2, -0.15) is 5.10 Å². The summed E-state index contributed by atoms with van der Waals surface area (Å²) < 4.78 is 30.3. The number of hydrogen-bond acceptors (Lipinski definition) is 5. The smallest absolute Gasteiger partial charge is 0.264 e. The minimum absolute atomic E-state index is 0.0754. The molecule has 2 aromatic heterocycles. The van der Waals surface area contributed by atoms with Crippen molar-refractivity contribution in [2.24, 2.45) is 5.92 Å². The van der Waals surface area contributed by atoms with Crippen molar-refractivity contribution in [1.29, 1.82) is 0 Å². The number of rotatable bonds is 5. The van der Waals surface area contributed by atoms with E-state index in [-0.39, 0.29) is 29.3 Å². The van der Waals surface area contributed by atoms with Gasteiger partial charge >= 0.3 is 0 Å². The normalized spacial score (nSPS) is 17.3. The largest absolute Gasteiger partial charge is 0.388 e. The first-order valence-corrected chi connectivity index (χ1v) is 12.3. The second-order valence-corrected chi connectivity index (χ2v) is 10.0. The lowest BCUT2D eigenvalue weighted by molar-refractivity contribution is -0.137. The van der Waals surface area contributed by atoms with Crippen molar-refractivity contribution < 1.29 is 18.7 Å². The number of nitrogens with zero attached hydrogens (tertiary/aromatic N) is 5. The highest BCUT2D eigenvalue weighted by molar-refractivity contribution is 5.81. The van der Waals surface area contributed by atoms with Gasteiger partial charge in [0.25, 0.3) is 5.56 Å². The molecule has 4 aromatic rings. The van der Waals surface area contributed by atoms with Crippen LogP contribution in [0.3, 0.4) is 0 Å². The van der Waals surface area contributed by atoms with Crippen LogP contribution in [0.15, 0.2) is 59.8 Å². The Labute approximate surface area is 210 Å². The Hall–Kier alpha value is -3.92. The Balaban J connectivity index is 1.25. The van der Waals surface area contributed by atoms with Crippen LogP contribution in [-0.4, -0.2) is 53.9 Å². The van der Waals surface area contributed by atoms with E-state index in [9.17, 15) is 23.5 Å². The number of aromatic nitrogens is 4. The Morgan fingerprint density at radius 3 is 2.49 bits per heavy atom. The van der Waals surface area contributed by atoms with Crippen LogP contribution >= 0.6 is 0 Å². The molecule has 1 aliphatic heterocycles. The Bertz CT molecular complexity index is 1550. The number of aliphatic hydroxyl groups is 1. The Kier molecular flexibility index (Phi) is 5.63. The lowest BCUT2D eigenvalue weighted by Gasteiger charge is -2.38. The fraction of sp³-hybridized carbons (Fsp3) is 0.333. The highest BCUT2D eigenvalue weighted by Crippen LogP contribution is 2.33. The van der Waals surface area contributed by atoms with Crippen molar-refractivity contribution in [2.45, 2.75) is 37.8 Å². The van der Waals surface area contributed by atoms with E-state index in [1.54, 1.807) is 24.3 Å². The highest BCUT2D eigenvalue weighted by atomic mass is 19.1. The quantitative estimate of drug-likeness (QED) is 0.449. The van der Waals surface area contributed by atoms with E-state index in [1.807, 2.05) is 4.90 Å². The number of carbonyl (C=O) groups excluding carboxylic acids is 1. The van der Waals surface area contributed by atoms with Gasteiger partial charge in [-0.05, 0) is 61.1 Å². The van der Waals surface area contributed by atoms with Crippen LogP contribution in [0, 0.1) is 17.6 Å². The molecule has 0 radical (unpaired) electrons. The zero-order valence-corrected chi connectivity index (χ0v) is 20.0. The van der Waals surface area contributed by atoms with E-state index in [2.05, 4.69) is 10.1 Å². The van der Waals surface area contributed by atoms with Crippen LogP contribution in [0.5, 0.6) is 0 Å². The molecule has 2 fully saturated rings. The predicted octanol–water partition coefficient (Wildman–Crippen LogP) is 3.29. The van der Waals surface area contributed by atoms with E-state index in [0.717, 1.165) is 18.9 Å². The maximum Gasteiger partial charge on any atom is 0.264 e. The third-order valence-electron chi connectivity index (χ3n) is 7.24. The number of carbonyl (C=O) groups is 1. The molecule has 2 aliphatic rings. The standard InChI is InChI=1S/C27H25F2N5O3/c28-20-10-19(11-21(29)13-20)18-2-1-3-22(12-18)34-24-23(14-31-34)26(36)33(16-30-24)15-27(37)6-8-32(9-7-27)25(35)17-4-5-17/h1-3,10-14,16-17,37H,4-9,15H2. The summed E-state index contributed by atoms with van der Waals surface area (Å²) in [4.78, 5) is 31.8. The SMILES string of the molecule is O=C(C1CC1)N1CCC(O)(Cn2cnc3c(cnn3-c3cccc(-c4cc(F)cc(F)c4)c3)c2=O)CC1. The van der Waals surface area contributed by atoms with Gasteiger partial charge in [-0.15, -0.1) is 0 Å². The fourth-order valence-electron chi connectivity index (χ4n) is 4.99. The summed E-state index contributed by atoms with van der Waals surface area (Å²) in [7, 11) is 0. The first-order valence-electron chi connectivity index (χ1n) is 12.3. The molecule has 2 aromatic carbocycles. The van der Waals surface area contributed by atoms with Crippen molar-refractivity contribution in [3.63, 3.8) is 0 Å². The summed E-state index contributed by atoms with van der Waals surface area (Å²) in [6.07, 6.45) is 5.50. The maximum atomic E-state index is 13.7. The first kappa shape index (κ1) is 23.5. The van der Waals surface area contributed by atoms with Crippen LogP contribution < -0.4 is 5.56 Å². The number of likely N-dealkylation sites (tertiary alicyclic amines) is 1. The second-order valence-electron chi connectivity index (χ2n) is 10.0. The zero-order chi connectivity index (χ0) is 25.7. The van der Waals surface area contributed by atoms with Crippen LogP contribution in [-0.2, 0) is 11.3 Å². The zero-order valence-electron chi connectivity index (χ0n) is 20.0. The van der Waals surface area contributed by atoms with Gasteiger partial charge < -0.3 is 10.0 Å². The van der Waals surface area contributed by atoms with Gasteiger partial charge in [-0.25, -0.2) is 18.4 Å². The summed E-state index contributed by atoms with van der Waals surface area (Å²) in [6.45, 7) is 1.02. The average molecular weight is 506 g/mol. The van der Waals surface area contributed by atoms with Crippen LogP contribution in [0.1, 0.15) is 25.7 Å². The van der Waals surface area contributed by atoms with Gasteiger partial charge in [-0.1, -0.05) is 12.1 Å². The van der Waals surface area contributed by atoms with Gasteiger partial charge in [0, 0.05) is 25.1 Å². The summed E-state index contributed by atoms with van der Waals surface area (Å²) >= 11 is 0. The summed E-state index contributed by atoms with van der Waals surface area (Å²) in [5, 5.41) is 15.8. The minimum Gasteiger partial charge on any atom is -0.388 e. The molecule has 3 heterocycles. The van der Waals surface area contributed by atoms with E-state index < -0.39 is 17.2 Å².